The van der Waals surface area contributed by atoms with E-state index in [1.807, 2.05) is 26.0 Å². The summed E-state index contributed by atoms with van der Waals surface area (Å²) in [5, 5.41) is 3.34. The molecule has 0 saturated carbocycles. The second-order valence-electron chi connectivity index (χ2n) is 6.74. The molecule has 0 spiro atoms. The molecule has 3 aromatic carbocycles. The standard InChI is InChI=1S/C22H21ClN2O4S/c1-15-3-6-18(7-4-15)25-30(27,28)20-10-8-19(9-11-20)29-14-22(26)24-21-12-5-17(23)13-16(21)2/h3-13,25H,14H2,1-2H3,(H,24,26). The normalized spacial score (nSPS) is 11.0. The number of hydrogen-bond donors (Lipinski definition) is 2. The smallest absolute Gasteiger partial charge is 0.262 e. The van der Waals surface area contributed by atoms with E-state index in [9.17, 15) is 13.2 Å². The third kappa shape index (κ3) is 5.75. The highest BCUT2D eigenvalue weighted by atomic mass is 35.5. The summed E-state index contributed by atoms with van der Waals surface area (Å²) in [6.45, 7) is 3.55. The highest BCUT2D eigenvalue weighted by Gasteiger charge is 2.14. The third-order valence-corrected chi connectivity index (χ3v) is 5.90. The van der Waals surface area contributed by atoms with Crippen LogP contribution in [0.15, 0.2) is 71.6 Å². The molecule has 8 heteroatoms. The number of amides is 1. The van der Waals surface area contributed by atoms with Gasteiger partial charge in [-0.25, -0.2) is 8.42 Å². The van der Waals surface area contributed by atoms with Gasteiger partial charge >= 0.3 is 0 Å². The van der Waals surface area contributed by atoms with Gasteiger partial charge in [-0.1, -0.05) is 29.3 Å². The quantitative estimate of drug-likeness (QED) is 0.549. The molecule has 156 valence electrons. The maximum Gasteiger partial charge on any atom is 0.262 e. The number of benzene rings is 3. The molecule has 3 aromatic rings. The van der Waals surface area contributed by atoms with Gasteiger partial charge in [-0.3, -0.25) is 9.52 Å². The van der Waals surface area contributed by atoms with Gasteiger partial charge in [0.25, 0.3) is 15.9 Å². The fourth-order valence-corrected chi connectivity index (χ4v) is 3.94. The summed E-state index contributed by atoms with van der Waals surface area (Å²) in [5.41, 5.74) is 3.01. The summed E-state index contributed by atoms with van der Waals surface area (Å²) in [6, 6.07) is 18.1. The van der Waals surface area contributed by atoms with Gasteiger partial charge in [-0.05, 0) is 74.0 Å². The Balaban J connectivity index is 1.58. The van der Waals surface area contributed by atoms with Gasteiger partial charge in [-0.15, -0.1) is 0 Å². The van der Waals surface area contributed by atoms with Gasteiger partial charge in [-0.2, -0.15) is 0 Å². The Bertz CT molecular complexity index is 1140. The minimum atomic E-state index is -3.72. The van der Waals surface area contributed by atoms with Crippen molar-refractivity contribution in [3.8, 4) is 5.75 Å². The Kier molecular flexibility index (Phi) is 6.64. The average Bonchev–Trinajstić information content (AvgIpc) is 2.70. The number of carbonyl (C=O) groups excluding carboxylic acids is 1. The Labute approximate surface area is 180 Å². The maximum atomic E-state index is 12.5. The van der Waals surface area contributed by atoms with Crippen molar-refractivity contribution in [2.45, 2.75) is 18.7 Å². The zero-order valence-electron chi connectivity index (χ0n) is 16.5. The molecule has 0 fully saturated rings. The fourth-order valence-electron chi connectivity index (χ4n) is 2.65. The maximum absolute atomic E-state index is 12.5. The zero-order chi connectivity index (χ0) is 21.7. The summed E-state index contributed by atoms with van der Waals surface area (Å²) in [7, 11) is -3.72. The second kappa shape index (κ2) is 9.19. The van der Waals surface area contributed by atoms with E-state index in [-0.39, 0.29) is 17.4 Å². The van der Waals surface area contributed by atoms with E-state index in [1.165, 1.54) is 24.3 Å². The van der Waals surface area contributed by atoms with Crippen molar-refractivity contribution >= 4 is 38.9 Å². The van der Waals surface area contributed by atoms with Gasteiger partial charge in [0.15, 0.2) is 6.61 Å². The van der Waals surface area contributed by atoms with Crippen molar-refractivity contribution in [3.05, 3.63) is 82.9 Å². The monoisotopic (exact) mass is 444 g/mol. The minimum absolute atomic E-state index is 0.0941. The average molecular weight is 445 g/mol. The van der Waals surface area contributed by atoms with Crippen LogP contribution < -0.4 is 14.8 Å². The first kappa shape index (κ1) is 21.7. The largest absolute Gasteiger partial charge is 0.484 e. The molecule has 0 aliphatic heterocycles. The van der Waals surface area contributed by atoms with E-state index in [1.54, 1.807) is 30.3 Å². The van der Waals surface area contributed by atoms with E-state index in [0.29, 0.717) is 22.1 Å². The van der Waals surface area contributed by atoms with Gasteiger partial charge in [0.05, 0.1) is 4.90 Å². The summed E-state index contributed by atoms with van der Waals surface area (Å²) in [6.07, 6.45) is 0. The number of halogens is 1. The molecule has 0 aliphatic rings. The third-order valence-electron chi connectivity index (χ3n) is 4.27. The highest BCUT2D eigenvalue weighted by Crippen LogP contribution is 2.21. The van der Waals surface area contributed by atoms with Crippen molar-refractivity contribution in [1.29, 1.82) is 0 Å². The molecular formula is C22H21ClN2O4S. The fraction of sp³-hybridized carbons (Fsp3) is 0.136. The van der Waals surface area contributed by atoms with Crippen LogP contribution in [-0.4, -0.2) is 20.9 Å². The van der Waals surface area contributed by atoms with Crippen molar-refractivity contribution < 1.29 is 17.9 Å². The lowest BCUT2D eigenvalue weighted by Gasteiger charge is -2.11. The van der Waals surface area contributed by atoms with E-state index >= 15 is 0 Å². The molecule has 2 N–H and O–H groups in total. The van der Waals surface area contributed by atoms with Gasteiger partial charge < -0.3 is 10.1 Å². The Morgan fingerprint density at radius 3 is 2.27 bits per heavy atom. The number of ether oxygens (including phenoxy) is 1. The molecule has 0 unspecified atom stereocenters. The zero-order valence-corrected chi connectivity index (χ0v) is 18.0. The Morgan fingerprint density at radius 1 is 0.967 bits per heavy atom. The van der Waals surface area contributed by atoms with Crippen LogP contribution in [0.4, 0.5) is 11.4 Å². The van der Waals surface area contributed by atoms with Gasteiger partial charge in [0.1, 0.15) is 5.75 Å². The van der Waals surface area contributed by atoms with E-state index in [2.05, 4.69) is 10.0 Å². The molecule has 0 aromatic heterocycles. The number of aryl methyl sites for hydroxylation is 2. The van der Waals surface area contributed by atoms with E-state index in [4.69, 9.17) is 16.3 Å². The second-order valence-corrected chi connectivity index (χ2v) is 8.86. The van der Waals surface area contributed by atoms with E-state index in [0.717, 1.165) is 11.1 Å². The lowest BCUT2D eigenvalue weighted by Crippen LogP contribution is -2.20. The molecule has 0 heterocycles. The number of sulfonamides is 1. The summed E-state index contributed by atoms with van der Waals surface area (Å²) in [5.74, 6) is 0.0467. The van der Waals surface area contributed by atoms with Crippen molar-refractivity contribution in [1.82, 2.24) is 0 Å². The van der Waals surface area contributed by atoms with Crippen LogP contribution in [0.5, 0.6) is 5.75 Å². The first-order chi connectivity index (χ1) is 14.2. The van der Waals surface area contributed by atoms with Crippen molar-refractivity contribution in [2.24, 2.45) is 0 Å². The van der Waals surface area contributed by atoms with Crippen LogP contribution in [0.25, 0.3) is 0 Å². The lowest BCUT2D eigenvalue weighted by atomic mass is 10.2. The number of rotatable bonds is 7. The molecule has 1 amide bonds. The SMILES string of the molecule is Cc1ccc(NS(=O)(=O)c2ccc(OCC(=O)Nc3ccc(Cl)cc3C)cc2)cc1. The van der Waals surface area contributed by atoms with Crippen molar-refractivity contribution in [2.75, 3.05) is 16.6 Å². The van der Waals surface area contributed by atoms with Gasteiger partial charge in [0, 0.05) is 16.4 Å². The topological polar surface area (TPSA) is 84.5 Å². The number of nitrogens with one attached hydrogen (secondary N) is 2. The molecule has 0 atom stereocenters. The van der Waals surface area contributed by atoms with Crippen LogP contribution in [0, 0.1) is 13.8 Å². The van der Waals surface area contributed by atoms with Crippen LogP contribution in [0.1, 0.15) is 11.1 Å². The lowest BCUT2D eigenvalue weighted by molar-refractivity contribution is -0.118. The summed E-state index contributed by atoms with van der Waals surface area (Å²) < 4.78 is 33.0. The predicted octanol–water partition coefficient (Wildman–Crippen LogP) is 4.78. The summed E-state index contributed by atoms with van der Waals surface area (Å²) >= 11 is 5.91. The first-order valence-electron chi connectivity index (χ1n) is 9.11. The molecule has 0 aliphatic carbocycles. The molecule has 0 saturated heterocycles. The molecule has 6 nitrogen and oxygen atoms in total. The first-order valence-corrected chi connectivity index (χ1v) is 11.0. The predicted molar refractivity (Wildman–Crippen MR) is 119 cm³/mol. The van der Waals surface area contributed by atoms with Crippen molar-refractivity contribution in [3.63, 3.8) is 0 Å². The number of anilines is 2. The minimum Gasteiger partial charge on any atom is -0.484 e. The molecule has 30 heavy (non-hydrogen) atoms. The van der Waals surface area contributed by atoms with Crippen LogP contribution in [-0.2, 0) is 14.8 Å². The van der Waals surface area contributed by atoms with Crippen LogP contribution in [0.3, 0.4) is 0 Å². The molecule has 3 rings (SSSR count). The Morgan fingerprint density at radius 2 is 1.63 bits per heavy atom. The molecular weight excluding hydrogens is 424 g/mol. The van der Waals surface area contributed by atoms with Gasteiger partial charge in [0.2, 0.25) is 0 Å². The number of hydrogen-bond acceptors (Lipinski definition) is 4. The molecule has 0 radical (unpaired) electrons. The van der Waals surface area contributed by atoms with Crippen LogP contribution in [0.2, 0.25) is 5.02 Å². The number of carbonyl (C=O) groups is 1. The molecule has 0 bridgehead atoms. The Hall–Kier alpha value is -3.03. The highest BCUT2D eigenvalue weighted by molar-refractivity contribution is 7.92. The summed E-state index contributed by atoms with van der Waals surface area (Å²) in [4.78, 5) is 12.2. The van der Waals surface area contributed by atoms with Crippen LogP contribution >= 0.6 is 11.6 Å². The van der Waals surface area contributed by atoms with E-state index < -0.39 is 10.0 Å².